The molecule has 9 rings (SSSR count). The lowest BCUT2D eigenvalue weighted by atomic mass is 10.0. The molecule has 0 radical (unpaired) electrons. The molecule has 0 fully saturated rings. The van der Waals surface area contributed by atoms with Gasteiger partial charge in [-0.15, -0.1) is 0 Å². The van der Waals surface area contributed by atoms with E-state index in [9.17, 15) is 0 Å². The van der Waals surface area contributed by atoms with Gasteiger partial charge in [0.05, 0.1) is 27.8 Å². The second-order valence-corrected chi connectivity index (χ2v) is 11.0. The molecule has 0 saturated carbocycles. The Hall–Kier alpha value is -6.00. The molecule has 0 atom stereocenters. The van der Waals surface area contributed by atoms with Crippen LogP contribution in [0.3, 0.4) is 0 Å². The minimum atomic E-state index is 0.684. The molecular weight excluding hydrogens is 538 g/mol. The molecule has 0 aliphatic carbocycles. The van der Waals surface area contributed by atoms with Crippen molar-refractivity contribution in [2.45, 2.75) is 0 Å². The van der Waals surface area contributed by atoms with Gasteiger partial charge in [0.2, 0.25) is 0 Å². The van der Waals surface area contributed by atoms with Gasteiger partial charge in [-0.2, -0.15) is 0 Å². The van der Waals surface area contributed by atoms with Crippen molar-refractivity contribution >= 4 is 43.7 Å². The predicted octanol–water partition coefficient (Wildman–Crippen LogP) is 10.5. The van der Waals surface area contributed by atoms with Gasteiger partial charge in [-0.25, -0.2) is 9.97 Å². The van der Waals surface area contributed by atoms with E-state index in [1.165, 1.54) is 0 Å². The number of benzene rings is 6. The van der Waals surface area contributed by atoms with Gasteiger partial charge in [-0.1, -0.05) is 109 Å². The Morgan fingerprint density at radius 1 is 0.455 bits per heavy atom. The second-order valence-electron chi connectivity index (χ2n) is 11.0. The Labute approximate surface area is 253 Å². The maximum Gasteiger partial charge on any atom is 0.160 e. The number of furan rings is 1. The number of hydrogen-bond acceptors (Lipinski definition) is 3. The molecular formula is C40H25N3O. The smallest absolute Gasteiger partial charge is 0.160 e. The van der Waals surface area contributed by atoms with Crippen molar-refractivity contribution < 1.29 is 4.42 Å². The molecule has 0 aliphatic heterocycles. The van der Waals surface area contributed by atoms with Gasteiger partial charge in [0.25, 0.3) is 0 Å². The first-order valence-corrected chi connectivity index (χ1v) is 14.8. The number of fused-ring (bicyclic) bond motifs is 7. The van der Waals surface area contributed by atoms with E-state index in [4.69, 9.17) is 14.4 Å². The first kappa shape index (κ1) is 24.6. The van der Waals surface area contributed by atoms with Crippen molar-refractivity contribution in [1.82, 2.24) is 14.5 Å². The number of aromatic nitrogens is 3. The Bertz CT molecular complexity index is 2420. The molecule has 3 aromatic heterocycles. The van der Waals surface area contributed by atoms with Crippen molar-refractivity contribution in [2.75, 3.05) is 0 Å². The van der Waals surface area contributed by atoms with Crippen LogP contribution in [0.2, 0.25) is 0 Å². The fraction of sp³-hybridized carbons (Fsp3) is 0. The number of nitrogens with zero attached hydrogens (tertiary/aromatic N) is 3. The number of rotatable bonds is 4. The van der Waals surface area contributed by atoms with Crippen LogP contribution in [-0.4, -0.2) is 14.5 Å². The van der Waals surface area contributed by atoms with E-state index in [2.05, 4.69) is 120 Å². The Morgan fingerprint density at radius 2 is 1.09 bits per heavy atom. The first-order chi connectivity index (χ1) is 21.8. The average molecular weight is 564 g/mol. The molecule has 0 amide bonds. The second kappa shape index (κ2) is 9.79. The molecule has 9 aromatic rings. The summed E-state index contributed by atoms with van der Waals surface area (Å²) in [7, 11) is 0. The van der Waals surface area contributed by atoms with Crippen LogP contribution in [0, 0.1) is 0 Å². The summed E-state index contributed by atoms with van der Waals surface area (Å²) in [6.45, 7) is 0. The molecule has 0 spiro atoms. The topological polar surface area (TPSA) is 43.9 Å². The van der Waals surface area contributed by atoms with Crippen molar-refractivity contribution in [3.05, 3.63) is 152 Å². The van der Waals surface area contributed by atoms with Gasteiger partial charge in [-0.3, -0.25) is 0 Å². The Kier molecular flexibility index (Phi) is 5.47. The molecule has 3 heterocycles. The molecule has 4 heteroatoms. The lowest BCUT2D eigenvalue weighted by Crippen LogP contribution is -1.96. The van der Waals surface area contributed by atoms with E-state index in [0.29, 0.717) is 5.82 Å². The zero-order valence-corrected chi connectivity index (χ0v) is 23.7. The number of para-hydroxylation sites is 3. The van der Waals surface area contributed by atoms with E-state index >= 15 is 0 Å². The highest BCUT2D eigenvalue weighted by Gasteiger charge is 2.21. The largest absolute Gasteiger partial charge is 0.455 e. The minimum absolute atomic E-state index is 0.684. The number of hydrogen-bond donors (Lipinski definition) is 0. The third kappa shape index (κ3) is 3.78. The van der Waals surface area contributed by atoms with Crippen LogP contribution in [0.4, 0.5) is 0 Å². The molecule has 44 heavy (non-hydrogen) atoms. The predicted molar refractivity (Wildman–Crippen MR) is 180 cm³/mol. The van der Waals surface area contributed by atoms with Crippen LogP contribution < -0.4 is 0 Å². The van der Waals surface area contributed by atoms with Crippen LogP contribution >= 0.6 is 0 Å². The first-order valence-electron chi connectivity index (χ1n) is 14.8. The van der Waals surface area contributed by atoms with Crippen molar-refractivity contribution in [1.29, 1.82) is 0 Å². The van der Waals surface area contributed by atoms with Crippen molar-refractivity contribution in [3.8, 4) is 39.6 Å². The van der Waals surface area contributed by atoms with Crippen LogP contribution in [-0.2, 0) is 0 Å². The van der Waals surface area contributed by atoms with Crippen molar-refractivity contribution in [2.24, 2.45) is 0 Å². The SMILES string of the molecule is c1ccc(-c2cc(-c3cccc4c3oc3c4ccc4c3c3ccccc3n4-c3ccccc3)nc(-c3ccccc3)n2)cc1. The van der Waals surface area contributed by atoms with Gasteiger partial charge in [0.15, 0.2) is 5.82 Å². The van der Waals surface area contributed by atoms with Crippen LogP contribution in [0.5, 0.6) is 0 Å². The quantitative estimate of drug-likeness (QED) is 0.214. The summed E-state index contributed by atoms with van der Waals surface area (Å²) in [4.78, 5) is 10.1. The standard InChI is InChI=1S/C40H25N3O/c1-4-13-26(14-5-1)33-25-34(42-40(41-33)27-15-6-2-7-16-27)31-21-12-20-29-30-23-24-36-37(39(30)44-38(29)31)32-19-10-11-22-35(32)43(36)28-17-8-3-9-18-28/h1-25H. The molecule has 4 nitrogen and oxygen atoms in total. The molecule has 0 bridgehead atoms. The van der Waals surface area contributed by atoms with E-state index in [1.807, 2.05) is 36.4 Å². The fourth-order valence-corrected chi connectivity index (χ4v) is 6.42. The molecule has 206 valence electrons. The normalized spacial score (nSPS) is 11.6. The highest BCUT2D eigenvalue weighted by Crippen LogP contribution is 2.43. The van der Waals surface area contributed by atoms with Gasteiger partial charge in [-0.05, 0) is 42.5 Å². The summed E-state index contributed by atoms with van der Waals surface area (Å²) >= 11 is 0. The summed E-state index contributed by atoms with van der Waals surface area (Å²) in [5.41, 5.74) is 9.75. The third-order valence-corrected chi connectivity index (χ3v) is 8.42. The fourth-order valence-electron chi connectivity index (χ4n) is 6.42. The lowest BCUT2D eigenvalue weighted by molar-refractivity contribution is 0.674. The summed E-state index contributed by atoms with van der Waals surface area (Å²) in [6.07, 6.45) is 0. The summed E-state index contributed by atoms with van der Waals surface area (Å²) < 4.78 is 9.25. The third-order valence-electron chi connectivity index (χ3n) is 8.42. The van der Waals surface area contributed by atoms with Crippen LogP contribution in [0.1, 0.15) is 0 Å². The average Bonchev–Trinajstić information content (AvgIpc) is 3.65. The zero-order valence-electron chi connectivity index (χ0n) is 23.7. The monoisotopic (exact) mass is 563 g/mol. The van der Waals surface area contributed by atoms with Crippen molar-refractivity contribution in [3.63, 3.8) is 0 Å². The van der Waals surface area contributed by atoms with Crippen LogP contribution in [0.25, 0.3) is 83.3 Å². The zero-order chi connectivity index (χ0) is 29.0. The van der Waals surface area contributed by atoms with Gasteiger partial charge < -0.3 is 8.98 Å². The molecule has 0 saturated heterocycles. The molecule has 0 aliphatic rings. The summed E-state index contributed by atoms with van der Waals surface area (Å²) in [5.74, 6) is 0.684. The maximum absolute atomic E-state index is 6.93. The highest BCUT2D eigenvalue weighted by atomic mass is 16.3. The highest BCUT2D eigenvalue weighted by molar-refractivity contribution is 6.24. The molecule has 0 unspecified atom stereocenters. The molecule has 6 aromatic carbocycles. The lowest BCUT2D eigenvalue weighted by Gasteiger charge is -2.09. The maximum atomic E-state index is 6.93. The van der Waals surface area contributed by atoms with Gasteiger partial charge >= 0.3 is 0 Å². The Morgan fingerprint density at radius 3 is 1.89 bits per heavy atom. The van der Waals surface area contributed by atoms with E-state index in [1.54, 1.807) is 0 Å². The van der Waals surface area contributed by atoms with E-state index in [-0.39, 0.29) is 0 Å². The van der Waals surface area contributed by atoms with Gasteiger partial charge in [0.1, 0.15) is 11.2 Å². The molecule has 0 N–H and O–H groups in total. The Balaban J connectivity index is 1.34. The minimum Gasteiger partial charge on any atom is -0.455 e. The van der Waals surface area contributed by atoms with E-state index in [0.717, 1.165) is 77.5 Å². The van der Waals surface area contributed by atoms with Crippen LogP contribution in [0.15, 0.2) is 156 Å². The van der Waals surface area contributed by atoms with E-state index < -0.39 is 0 Å². The summed E-state index contributed by atoms with van der Waals surface area (Å²) in [5, 5.41) is 4.43. The summed E-state index contributed by atoms with van der Waals surface area (Å²) in [6, 6.07) is 52.3. The van der Waals surface area contributed by atoms with Gasteiger partial charge in [0, 0.05) is 38.5 Å².